The van der Waals surface area contributed by atoms with E-state index in [4.69, 9.17) is 5.73 Å². The van der Waals surface area contributed by atoms with Crippen molar-refractivity contribution in [3.05, 3.63) is 28.8 Å². The van der Waals surface area contributed by atoms with Gasteiger partial charge in [-0.15, -0.1) is 0 Å². The second-order valence-electron chi connectivity index (χ2n) is 4.03. The molecule has 0 saturated heterocycles. The average Bonchev–Trinajstić information content (AvgIpc) is 2.13. The first-order valence-corrected chi connectivity index (χ1v) is 5.06. The molecule has 0 fully saturated rings. The Morgan fingerprint density at radius 1 is 1.20 bits per heavy atom. The SMILES string of the molecule is Cc1cc(C)c(NC(=O)C(C)N)cc1C. The lowest BCUT2D eigenvalue weighted by Gasteiger charge is -2.12. The van der Waals surface area contributed by atoms with Crippen LogP contribution in [0.25, 0.3) is 0 Å². The molecule has 82 valence electrons. The fourth-order valence-corrected chi connectivity index (χ4v) is 1.34. The van der Waals surface area contributed by atoms with Crippen LogP contribution >= 0.6 is 0 Å². The van der Waals surface area contributed by atoms with Crippen LogP contribution in [-0.4, -0.2) is 11.9 Å². The standard InChI is InChI=1S/C12H18N2O/c1-7-5-9(3)11(6-8(7)2)14-12(15)10(4)13/h5-6,10H,13H2,1-4H3,(H,14,15). The van der Waals surface area contributed by atoms with Crippen molar-refractivity contribution in [3.63, 3.8) is 0 Å². The number of aryl methyl sites for hydroxylation is 3. The quantitative estimate of drug-likeness (QED) is 0.776. The van der Waals surface area contributed by atoms with Crippen LogP contribution in [0.4, 0.5) is 5.69 Å². The molecule has 0 bridgehead atoms. The van der Waals surface area contributed by atoms with Gasteiger partial charge < -0.3 is 11.1 Å². The minimum Gasteiger partial charge on any atom is -0.324 e. The molecule has 0 heterocycles. The molecule has 0 saturated carbocycles. The van der Waals surface area contributed by atoms with Crippen LogP contribution < -0.4 is 11.1 Å². The van der Waals surface area contributed by atoms with Gasteiger partial charge in [0.15, 0.2) is 0 Å². The van der Waals surface area contributed by atoms with Gasteiger partial charge in [0, 0.05) is 5.69 Å². The molecule has 1 rings (SSSR count). The Bertz CT molecular complexity index is 383. The lowest BCUT2D eigenvalue weighted by atomic mass is 10.0. The summed E-state index contributed by atoms with van der Waals surface area (Å²) in [6.07, 6.45) is 0. The van der Waals surface area contributed by atoms with Gasteiger partial charge in [0.2, 0.25) is 5.91 Å². The molecule has 0 spiro atoms. The number of anilines is 1. The molecular weight excluding hydrogens is 188 g/mol. The number of carbonyl (C=O) groups is 1. The molecule has 0 aromatic heterocycles. The van der Waals surface area contributed by atoms with Gasteiger partial charge >= 0.3 is 0 Å². The second kappa shape index (κ2) is 4.45. The zero-order valence-corrected chi connectivity index (χ0v) is 9.72. The molecule has 1 aromatic carbocycles. The molecule has 3 nitrogen and oxygen atoms in total. The van der Waals surface area contributed by atoms with E-state index in [9.17, 15) is 4.79 Å². The van der Waals surface area contributed by atoms with Crippen LogP contribution in [-0.2, 0) is 4.79 Å². The fourth-order valence-electron chi connectivity index (χ4n) is 1.34. The van der Waals surface area contributed by atoms with Crippen LogP contribution in [0.2, 0.25) is 0 Å². The molecule has 0 aliphatic carbocycles. The van der Waals surface area contributed by atoms with Crippen molar-refractivity contribution in [2.24, 2.45) is 5.73 Å². The number of hydrogen-bond donors (Lipinski definition) is 2. The molecule has 1 atom stereocenters. The van der Waals surface area contributed by atoms with E-state index in [1.165, 1.54) is 11.1 Å². The molecule has 0 radical (unpaired) electrons. The van der Waals surface area contributed by atoms with E-state index >= 15 is 0 Å². The second-order valence-corrected chi connectivity index (χ2v) is 4.03. The monoisotopic (exact) mass is 206 g/mol. The Hall–Kier alpha value is -1.35. The van der Waals surface area contributed by atoms with E-state index in [2.05, 4.69) is 18.3 Å². The largest absolute Gasteiger partial charge is 0.324 e. The Morgan fingerprint density at radius 2 is 1.73 bits per heavy atom. The number of nitrogens with two attached hydrogens (primary N) is 1. The molecule has 1 aromatic rings. The third-order valence-corrected chi connectivity index (χ3v) is 2.51. The Morgan fingerprint density at radius 3 is 2.27 bits per heavy atom. The van der Waals surface area contributed by atoms with E-state index in [-0.39, 0.29) is 5.91 Å². The predicted octanol–water partition coefficient (Wildman–Crippen LogP) is 1.90. The highest BCUT2D eigenvalue weighted by atomic mass is 16.2. The maximum Gasteiger partial charge on any atom is 0.241 e. The van der Waals surface area contributed by atoms with Crippen molar-refractivity contribution in [1.29, 1.82) is 0 Å². The zero-order valence-electron chi connectivity index (χ0n) is 9.72. The van der Waals surface area contributed by atoms with Crippen LogP contribution in [0, 0.1) is 20.8 Å². The van der Waals surface area contributed by atoms with Gasteiger partial charge in [-0.1, -0.05) is 6.07 Å². The van der Waals surface area contributed by atoms with Gasteiger partial charge in [-0.3, -0.25) is 4.79 Å². The van der Waals surface area contributed by atoms with Crippen LogP contribution in [0.5, 0.6) is 0 Å². The van der Waals surface area contributed by atoms with Gasteiger partial charge in [0.25, 0.3) is 0 Å². The normalized spacial score (nSPS) is 12.3. The summed E-state index contributed by atoms with van der Waals surface area (Å²) in [5.41, 5.74) is 9.79. The Kier molecular flexibility index (Phi) is 3.48. The number of hydrogen-bond acceptors (Lipinski definition) is 2. The first-order valence-electron chi connectivity index (χ1n) is 5.06. The highest BCUT2D eigenvalue weighted by molar-refractivity contribution is 5.95. The summed E-state index contributed by atoms with van der Waals surface area (Å²) in [6, 6.07) is 3.56. The van der Waals surface area contributed by atoms with Crippen LogP contribution in [0.3, 0.4) is 0 Å². The molecule has 0 aliphatic rings. The summed E-state index contributed by atoms with van der Waals surface area (Å²) in [5, 5.41) is 2.81. The molecule has 3 heteroatoms. The van der Waals surface area contributed by atoms with E-state index in [1.807, 2.05) is 19.9 Å². The number of carbonyl (C=O) groups excluding carboxylic acids is 1. The van der Waals surface area contributed by atoms with Crippen LogP contribution in [0.15, 0.2) is 12.1 Å². The van der Waals surface area contributed by atoms with Crippen LogP contribution in [0.1, 0.15) is 23.6 Å². The number of rotatable bonds is 2. The minimum absolute atomic E-state index is 0.152. The zero-order chi connectivity index (χ0) is 11.6. The van der Waals surface area contributed by atoms with Gasteiger partial charge in [-0.05, 0) is 50.5 Å². The fraction of sp³-hybridized carbons (Fsp3) is 0.417. The van der Waals surface area contributed by atoms with Crippen molar-refractivity contribution in [2.45, 2.75) is 33.7 Å². The number of nitrogens with one attached hydrogen (secondary N) is 1. The maximum absolute atomic E-state index is 11.4. The lowest BCUT2D eigenvalue weighted by Crippen LogP contribution is -2.32. The lowest BCUT2D eigenvalue weighted by molar-refractivity contribution is -0.117. The van der Waals surface area contributed by atoms with E-state index < -0.39 is 6.04 Å². The third-order valence-electron chi connectivity index (χ3n) is 2.51. The molecule has 1 amide bonds. The van der Waals surface area contributed by atoms with Crippen molar-refractivity contribution in [1.82, 2.24) is 0 Å². The number of amides is 1. The molecule has 15 heavy (non-hydrogen) atoms. The van der Waals surface area contributed by atoms with E-state index in [0.717, 1.165) is 11.3 Å². The predicted molar refractivity (Wildman–Crippen MR) is 62.9 cm³/mol. The third kappa shape index (κ3) is 2.80. The molecule has 0 aliphatic heterocycles. The van der Waals surface area contributed by atoms with Crippen molar-refractivity contribution in [3.8, 4) is 0 Å². The molecule has 3 N–H and O–H groups in total. The summed E-state index contributed by atoms with van der Waals surface area (Å²) < 4.78 is 0. The molecular formula is C12H18N2O. The summed E-state index contributed by atoms with van der Waals surface area (Å²) in [6.45, 7) is 7.73. The van der Waals surface area contributed by atoms with E-state index in [0.29, 0.717) is 0 Å². The van der Waals surface area contributed by atoms with Gasteiger partial charge in [0.1, 0.15) is 0 Å². The minimum atomic E-state index is -0.481. The topological polar surface area (TPSA) is 55.1 Å². The Labute approximate surface area is 90.7 Å². The average molecular weight is 206 g/mol. The highest BCUT2D eigenvalue weighted by Crippen LogP contribution is 2.19. The Balaban J connectivity index is 2.96. The van der Waals surface area contributed by atoms with Crippen molar-refractivity contribution < 1.29 is 4.79 Å². The molecule has 1 unspecified atom stereocenters. The number of benzene rings is 1. The maximum atomic E-state index is 11.4. The first kappa shape index (κ1) is 11.7. The highest BCUT2D eigenvalue weighted by Gasteiger charge is 2.09. The van der Waals surface area contributed by atoms with Gasteiger partial charge in [-0.25, -0.2) is 0 Å². The van der Waals surface area contributed by atoms with E-state index in [1.54, 1.807) is 6.92 Å². The van der Waals surface area contributed by atoms with Gasteiger partial charge in [-0.2, -0.15) is 0 Å². The summed E-state index contributed by atoms with van der Waals surface area (Å²) in [7, 11) is 0. The van der Waals surface area contributed by atoms with Gasteiger partial charge in [0.05, 0.1) is 6.04 Å². The van der Waals surface area contributed by atoms with Crippen molar-refractivity contribution >= 4 is 11.6 Å². The van der Waals surface area contributed by atoms with Crippen molar-refractivity contribution in [2.75, 3.05) is 5.32 Å². The smallest absolute Gasteiger partial charge is 0.241 e. The summed E-state index contributed by atoms with van der Waals surface area (Å²) in [4.78, 5) is 11.4. The first-order chi connectivity index (χ1) is 6.91. The summed E-state index contributed by atoms with van der Waals surface area (Å²) >= 11 is 0. The summed E-state index contributed by atoms with van der Waals surface area (Å²) in [5.74, 6) is -0.152.